The molecule has 1 fully saturated rings. The van der Waals surface area contributed by atoms with Gasteiger partial charge in [-0.2, -0.15) is 0 Å². The fourth-order valence-electron chi connectivity index (χ4n) is 3.71. The quantitative estimate of drug-likeness (QED) is 0.647. The van der Waals surface area contributed by atoms with E-state index in [2.05, 4.69) is 51.1 Å². The molecular formula is C21H21FIN3O. The molecule has 2 aromatic rings. The molecule has 0 amide bonds. The first-order valence-electron chi connectivity index (χ1n) is 9.08. The second kappa shape index (κ2) is 7.98. The third-order valence-electron chi connectivity index (χ3n) is 5.11. The minimum Gasteiger partial charge on any atom is -0.394 e. The largest absolute Gasteiger partial charge is 0.394 e. The summed E-state index contributed by atoms with van der Waals surface area (Å²) >= 11 is 2.30. The number of nitrogens with zero attached hydrogens (tertiary/aromatic N) is 2. The van der Waals surface area contributed by atoms with E-state index in [4.69, 9.17) is 0 Å². The smallest absolute Gasteiger partial charge is 0.148 e. The van der Waals surface area contributed by atoms with Crippen LogP contribution >= 0.6 is 22.6 Å². The van der Waals surface area contributed by atoms with Gasteiger partial charge in [0.25, 0.3) is 0 Å². The Hall–Kier alpha value is -1.93. The van der Waals surface area contributed by atoms with Crippen molar-refractivity contribution in [1.82, 2.24) is 0 Å². The summed E-state index contributed by atoms with van der Waals surface area (Å²) in [5, 5.41) is 12.7. The summed E-state index contributed by atoms with van der Waals surface area (Å²) < 4.78 is 15.8. The lowest BCUT2D eigenvalue weighted by Gasteiger charge is -2.26. The summed E-state index contributed by atoms with van der Waals surface area (Å²) in [6, 6.07) is 11.5. The lowest BCUT2D eigenvalue weighted by atomic mass is 9.99. The molecule has 6 heteroatoms. The summed E-state index contributed by atoms with van der Waals surface area (Å²) in [7, 11) is 0. The van der Waals surface area contributed by atoms with Gasteiger partial charge in [0, 0.05) is 28.2 Å². The minimum atomic E-state index is -0.268. The van der Waals surface area contributed by atoms with Crippen LogP contribution in [-0.4, -0.2) is 37.1 Å². The number of anilines is 2. The topological polar surface area (TPSA) is 47.9 Å². The van der Waals surface area contributed by atoms with Crippen molar-refractivity contribution in [2.45, 2.75) is 18.9 Å². The maximum Gasteiger partial charge on any atom is 0.148 e. The lowest BCUT2D eigenvalue weighted by molar-refractivity contribution is 0.266. The van der Waals surface area contributed by atoms with Gasteiger partial charge >= 0.3 is 0 Å². The number of aliphatic imine (C=N–C) groups is 1. The monoisotopic (exact) mass is 477 g/mol. The van der Waals surface area contributed by atoms with E-state index in [-0.39, 0.29) is 18.5 Å². The van der Waals surface area contributed by atoms with Crippen molar-refractivity contribution in [2.75, 3.05) is 29.9 Å². The molecule has 1 unspecified atom stereocenters. The summed E-state index contributed by atoms with van der Waals surface area (Å²) in [6.45, 7) is 1.45. The molecule has 0 bridgehead atoms. The van der Waals surface area contributed by atoms with Crippen LogP contribution in [0, 0.1) is 9.39 Å². The normalized spacial score (nSPS) is 20.2. The molecular weight excluding hydrogens is 456 g/mol. The predicted molar refractivity (Wildman–Crippen MR) is 117 cm³/mol. The van der Waals surface area contributed by atoms with Crippen molar-refractivity contribution in [2.24, 2.45) is 4.99 Å². The van der Waals surface area contributed by atoms with Crippen LogP contribution in [0.4, 0.5) is 15.8 Å². The summed E-state index contributed by atoms with van der Waals surface area (Å²) in [5.41, 5.74) is 4.59. The lowest BCUT2D eigenvalue weighted by Crippen LogP contribution is -2.32. The number of halogens is 2. The molecule has 0 aliphatic carbocycles. The molecule has 2 aliphatic rings. The Morgan fingerprint density at radius 2 is 2.19 bits per heavy atom. The van der Waals surface area contributed by atoms with Gasteiger partial charge in [-0.05, 0) is 82.5 Å². The molecule has 140 valence electrons. The van der Waals surface area contributed by atoms with Gasteiger partial charge in [-0.3, -0.25) is 4.99 Å². The van der Waals surface area contributed by atoms with Crippen LogP contribution in [0.25, 0.3) is 5.57 Å². The van der Waals surface area contributed by atoms with Gasteiger partial charge in [-0.15, -0.1) is 0 Å². The van der Waals surface area contributed by atoms with Crippen LogP contribution in [0.15, 0.2) is 47.6 Å². The zero-order chi connectivity index (χ0) is 18.8. The van der Waals surface area contributed by atoms with Crippen molar-refractivity contribution >= 4 is 45.8 Å². The molecule has 1 atom stereocenters. The third kappa shape index (κ3) is 3.87. The van der Waals surface area contributed by atoms with Gasteiger partial charge in [-0.1, -0.05) is 6.07 Å². The number of nitrogens with one attached hydrogen (secondary N) is 1. The van der Waals surface area contributed by atoms with E-state index in [1.807, 2.05) is 23.4 Å². The number of aliphatic hydroxyl groups is 1. The van der Waals surface area contributed by atoms with Crippen LogP contribution in [0.1, 0.15) is 24.0 Å². The zero-order valence-electron chi connectivity index (χ0n) is 14.8. The fraction of sp³-hybridized carbons (Fsp3) is 0.286. The van der Waals surface area contributed by atoms with Gasteiger partial charge in [-0.25, -0.2) is 4.39 Å². The first-order valence-corrected chi connectivity index (χ1v) is 10.2. The second-order valence-electron chi connectivity index (χ2n) is 6.85. The zero-order valence-corrected chi connectivity index (χ0v) is 17.0. The molecule has 0 spiro atoms. The molecule has 2 aliphatic heterocycles. The molecule has 27 heavy (non-hydrogen) atoms. The number of hydrogen-bond donors (Lipinski definition) is 2. The molecule has 2 heterocycles. The SMILES string of the molecule is OCC1CCCN1c1ccc(NC=C2CN=Cc3ccc(I)cc32)cc1F. The van der Waals surface area contributed by atoms with Crippen LogP contribution in [0.5, 0.6) is 0 Å². The molecule has 1 saturated heterocycles. The highest BCUT2D eigenvalue weighted by Gasteiger charge is 2.26. The van der Waals surface area contributed by atoms with Crippen molar-refractivity contribution in [1.29, 1.82) is 0 Å². The van der Waals surface area contributed by atoms with Gasteiger partial charge in [0.1, 0.15) is 5.82 Å². The van der Waals surface area contributed by atoms with Gasteiger partial charge in [0.2, 0.25) is 0 Å². The maximum absolute atomic E-state index is 14.7. The Kier molecular flexibility index (Phi) is 5.45. The van der Waals surface area contributed by atoms with Gasteiger partial charge in [0.05, 0.1) is 24.9 Å². The molecule has 4 nitrogen and oxygen atoms in total. The Morgan fingerprint density at radius 3 is 3.00 bits per heavy atom. The van der Waals surface area contributed by atoms with Crippen molar-refractivity contribution in [3.63, 3.8) is 0 Å². The number of aliphatic hydroxyl groups excluding tert-OH is 1. The number of fused-ring (bicyclic) bond motifs is 1. The van der Waals surface area contributed by atoms with E-state index in [1.54, 1.807) is 6.07 Å². The van der Waals surface area contributed by atoms with E-state index in [0.717, 1.165) is 36.1 Å². The van der Waals surface area contributed by atoms with Gasteiger partial charge in [0.15, 0.2) is 0 Å². The second-order valence-corrected chi connectivity index (χ2v) is 8.10. The molecule has 0 aromatic heterocycles. The standard InChI is InChI=1S/C21H21FIN3O/c22-20-9-17(5-6-21(20)26-7-1-2-18(26)13-27)25-12-15-11-24-10-14-3-4-16(23)8-19(14)15/h3-6,8-10,12,18,25,27H,1-2,7,11,13H2. The average Bonchev–Trinajstić information content (AvgIpc) is 3.15. The summed E-state index contributed by atoms with van der Waals surface area (Å²) in [4.78, 5) is 6.37. The van der Waals surface area contributed by atoms with E-state index < -0.39 is 0 Å². The Bertz CT molecular complexity index is 912. The summed E-state index contributed by atoms with van der Waals surface area (Å²) in [6.07, 6.45) is 5.69. The van der Waals surface area contributed by atoms with Crippen LogP contribution in [0.3, 0.4) is 0 Å². The third-order valence-corrected chi connectivity index (χ3v) is 5.78. The Morgan fingerprint density at radius 1 is 1.30 bits per heavy atom. The van der Waals surface area contributed by atoms with Crippen LogP contribution in [-0.2, 0) is 0 Å². The highest BCUT2D eigenvalue weighted by atomic mass is 127. The molecule has 2 aromatic carbocycles. The summed E-state index contributed by atoms with van der Waals surface area (Å²) in [5.74, 6) is -0.268. The molecule has 0 saturated carbocycles. The predicted octanol–water partition coefficient (Wildman–Crippen LogP) is 4.28. The first-order chi connectivity index (χ1) is 13.2. The van der Waals surface area contributed by atoms with Crippen molar-refractivity contribution in [3.05, 3.63) is 63.1 Å². The van der Waals surface area contributed by atoms with E-state index in [0.29, 0.717) is 17.9 Å². The van der Waals surface area contributed by atoms with Crippen molar-refractivity contribution < 1.29 is 9.50 Å². The average molecular weight is 477 g/mol. The minimum absolute atomic E-state index is 0.0134. The first kappa shape index (κ1) is 18.4. The fourth-order valence-corrected chi connectivity index (χ4v) is 4.20. The van der Waals surface area contributed by atoms with E-state index >= 15 is 0 Å². The number of rotatable bonds is 4. The van der Waals surface area contributed by atoms with Crippen molar-refractivity contribution in [3.8, 4) is 0 Å². The van der Waals surface area contributed by atoms with Crippen LogP contribution < -0.4 is 10.2 Å². The van der Waals surface area contributed by atoms with E-state index in [9.17, 15) is 9.50 Å². The van der Waals surface area contributed by atoms with Crippen LogP contribution in [0.2, 0.25) is 0 Å². The Balaban J connectivity index is 1.54. The number of benzene rings is 2. The number of hydrogen-bond acceptors (Lipinski definition) is 4. The maximum atomic E-state index is 14.7. The molecule has 0 radical (unpaired) electrons. The Labute approximate surface area is 171 Å². The molecule has 2 N–H and O–H groups in total. The van der Waals surface area contributed by atoms with Gasteiger partial charge < -0.3 is 15.3 Å². The highest BCUT2D eigenvalue weighted by Crippen LogP contribution is 2.30. The molecule has 4 rings (SSSR count). The van der Waals surface area contributed by atoms with E-state index in [1.165, 1.54) is 9.64 Å². The highest BCUT2D eigenvalue weighted by molar-refractivity contribution is 14.1.